The summed E-state index contributed by atoms with van der Waals surface area (Å²) in [5.41, 5.74) is 20.3. The lowest BCUT2D eigenvalue weighted by Gasteiger charge is -2.58. The van der Waals surface area contributed by atoms with Crippen LogP contribution in [0.4, 0.5) is 0 Å². The summed E-state index contributed by atoms with van der Waals surface area (Å²) in [6, 6.07) is 1.34. The fraction of sp³-hybridized carbons (Fsp3) is 1.00. The Kier molecular flexibility index (Phi) is 8.27. The molecule has 6 N–H and O–H groups in total. The van der Waals surface area contributed by atoms with Gasteiger partial charge in [0.25, 0.3) is 0 Å². The van der Waals surface area contributed by atoms with Crippen molar-refractivity contribution in [3.63, 3.8) is 0 Å². The van der Waals surface area contributed by atoms with Crippen LogP contribution in [-0.2, 0) is 0 Å². The highest BCUT2D eigenvalue weighted by Gasteiger charge is 2.54. The van der Waals surface area contributed by atoms with Gasteiger partial charge in [-0.2, -0.15) is 0 Å². The molecule has 0 heterocycles. The minimum atomic E-state index is 0. The van der Waals surface area contributed by atoms with Gasteiger partial charge in [-0.25, -0.2) is 0 Å². The molecular formula is C36H63ClN3-. The molecular weight excluding hydrogens is 510 g/mol. The van der Waals surface area contributed by atoms with Crippen molar-refractivity contribution >= 4 is 0 Å². The van der Waals surface area contributed by atoms with Crippen LogP contribution < -0.4 is 29.6 Å². The van der Waals surface area contributed by atoms with Gasteiger partial charge < -0.3 is 29.6 Å². The summed E-state index contributed by atoms with van der Waals surface area (Å²) in [7, 11) is 0. The molecule has 40 heavy (non-hydrogen) atoms. The summed E-state index contributed by atoms with van der Waals surface area (Å²) in [5, 5.41) is 0. The highest BCUT2D eigenvalue weighted by Crippen LogP contribution is 2.63. The molecule has 12 bridgehead atoms. The minimum Gasteiger partial charge on any atom is -1.00 e. The average Bonchev–Trinajstić information content (AvgIpc) is 2.82. The SMILES string of the molecule is CC(N)C12CC3CC(CC(C3)C1)C2.CC(N)C12CC3CC(CC(C3)C1)C2.CC(N)C12CC3CC(CC(C3)C1)C2.[Cl-]. The molecule has 0 aromatic carbocycles. The number of halogens is 1. The third-order valence-corrected chi connectivity index (χ3v) is 15.2. The van der Waals surface area contributed by atoms with E-state index in [4.69, 9.17) is 17.2 Å². The summed E-state index contributed by atoms with van der Waals surface area (Å²) < 4.78 is 0. The van der Waals surface area contributed by atoms with Crippen LogP contribution in [0.1, 0.15) is 136 Å². The zero-order valence-electron chi connectivity index (χ0n) is 26.3. The summed E-state index contributed by atoms with van der Waals surface area (Å²) in [4.78, 5) is 0. The molecule has 0 spiro atoms. The Morgan fingerprint density at radius 3 is 0.575 bits per heavy atom. The lowest BCUT2D eigenvalue weighted by Crippen LogP contribution is -3.00. The van der Waals surface area contributed by atoms with E-state index in [1.165, 1.54) is 116 Å². The van der Waals surface area contributed by atoms with Crippen molar-refractivity contribution in [3.8, 4) is 0 Å². The monoisotopic (exact) mass is 572 g/mol. The molecule has 4 heteroatoms. The van der Waals surface area contributed by atoms with Crippen molar-refractivity contribution in [2.75, 3.05) is 0 Å². The van der Waals surface area contributed by atoms with Crippen LogP contribution in [0.25, 0.3) is 0 Å². The second kappa shape index (κ2) is 11.0. The van der Waals surface area contributed by atoms with E-state index < -0.39 is 0 Å². The quantitative estimate of drug-likeness (QED) is 0.460. The Morgan fingerprint density at radius 1 is 0.350 bits per heavy atom. The predicted octanol–water partition coefficient (Wildman–Crippen LogP) is 4.65. The predicted molar refractivity (Wildman–Crippen MR) is 163 cm³/mol. The van der Waals surface area contributed by atoms with E-state index in [1.54, 1.807) is 0 Å². The van der Waals surface area contributed by atoms with E-state index in [-0.39, 0.29) is 12.4 Å². The van der Waals surface area contributed by atoms with Crippen LogP contribution >= 0.6 is 0 Å². The first-order chi connectivity index (χ1) is 18.5. The molecule has 0 aromatic rings. The molecule has 0 saturated heterocycles. The average molecular weight is 573 g/mol. The first-order valence-corrected chi connectivity index (χ1v) is 17.8. The van der Waals surface area contributed by atoms with Crippen molar-refractivity contribution in [1.82, 2.24) is 0 Å². The van der Waals surface area contributed by atoms with Crippen LogP contribution in [0.15, 0.2) is 0 Å². The molecule has 12 saturated carbocycles. The van der Waals surface area contributed by atoms with E-state index in [0.717, 1.165) is 53.3 Å². The van der Waals surface area contributed by atoms with Gasteiger partial charge in [0.15, 0.2) is 0 Å². The maximum absolute atomic E-state index is 6.19. The van der Waals surface area contributed by atoms with E-state index in [0.29, 0.717) is 34.4 Å². The standard InChI is InChI=1S/3C12H21N.ClH/c3*1-8(13)12-5-9-2-10(6-12)4-11(3-9)7-12;/h3*8-11H,2-7,13H2,1H3;1H/p-1. The van der Waals surface area contributed by atoms with Crippen molar-refractivity contribution in [2.24, 2.45) is 86.7 Å². The van der Waals surface area contributed by atoms with Crippen LogP contribution in [0.5, 0.6) is 0 Å². The smallest absolute Gasteiger partial charge is 0.00673 e. The molecule has 12 aliphatic carbocycles. The third kappa shape index (κ3) is 5.36. The molecule has 3 nitrogen and oxygen atoms in total. The van der Waals surface area contributed by atoms with Crippen molar-refractivity contribution < 1.29 is 12.4 Å². The maximum atomic E-state index is 6.19. The van der Waals surface area contributed by atoms with E-state index in [9.17, 15) is 0 Å². The van der Waals surface area contributed by atoms with Gasteiger partial charge in [0.05, 0.1) is 0 Å². The fourth-order valence-electron chi connectivity index (χ4n) is 14.2. The van der Waals surface area contributed by atoms with E-state index >= 15 is 0 Å². The Morgan fingerprint density at radius 2 is 0.475 bits per heavy atom. The Labute approximate surface area is 253 Å². The molecule has 230 valence electrons. The van der Waals surface area contributed by atoms with Gasteiger partial charge in [-0.05, 0) is 206 Å². The third-order valence-electron chi connectivity index (χ3n) is 15.2. The molecule has 0 aliphatic heterocycles. The van der Waals surface area contributed by atoms with Crippen LogP contribution in [0.3, 0.4) is 0 Å². The lowest BCUT2D eigenvalue weighted by molar-refractivity contribution is -0.0638. The summed E-state index contributed by atoms with van der Waals surface area (Å²) in [6.45, 7) is 6.73. The molecule has 12 fully saturated rings. The molecule has 0 aromatic heterocycles. The Hall–Kier alpha value is 0.170. The highest BCUT2D eigenvalue weighted by molar-refractivity contribution is 5.06. The maximum Gasteiger partial charge on any atom is 0.00673 e. The Bertz CT molecular complexity index is 673. The largest absolute Gasteiger partial charge is 1.00 e. The number of nitrogens with two attached hydrogens (primary N) is 3. The molecule has 0 amide bonds. The van der Waals surface area contributed by atoms with Gasteiger partial charge >= 0.3 is 0 Å². The molecule has 0 radical (unpaired) electrons. The minimum absolute atomic E-state index is 0. The summed E-state index contributed by atoms with van der Waals surface area (Å²) >= 11 is 0. The lowest BCUT2D eigenvalue weighted by atomic mass is 9.48. The first kappa shape index (κ1) is 30.2. The van der Waals surface area contributed by atoms with Gasteiger partial charge in [-0.1, -0.05) is 0 Å². The second-order valence-corrected chi connectivity index (χ2v) is 18.2. The van der Waals surface area contributed by atoms with Crippen molar-refractivity contribution in [2.45, 2.75) is 154 Å². The number of rotatable bonds is 3. The molecule has 3 atom stereocenters. The zero-order chi connectivity index (χ0) is 27.2. The second-order valence-electron chi connectivity index (χ2n) is 18.2. The summed E-state index contributed by atoms with van der Waals surface area (Å²) in [6.07, 6.45) is 26.9. The zero-order valence-corrected chi connectivity index (χ0v) is 27.0. The van der Waals surface area contributed by atoms with Gasteiger partial charge in [-0.3, -0.25) is 0 Å². The van der Waals surface area contributed by atoms with Gasteiger partial charge in [0.2, 0.25) is 0 Å². The van der Waals surface area contributed by atoms with Gasteiger partial charge in [0.1, 0.15) is 0 Å². The van der Waals surface area contributed by atoms with E-state index in [2.05, 4.69) is 20.8 Å². The fourth-order valence-corrected chi connectivity index (χ4v) is 14.2. The van der Waals surface area contributed by atoms with Crippen molar-refractivity contribution in [1.29, 1.82) is 0 Å². The van der Waals surface area contributed by atoms with Gasteiger partial charge in [-0.15, -0.1) is 0 Å². The van der Waals surface area contributed by atoms with Gasteiger partial charge in [0, 0.05) is 18.1 Å². The first-order valence-electron chi connectivity index (χ1n) is 17.8. The normalized spacial score (nSPS) is 54.0. The highest BCUT2D eigenvalue weighted by atomic mass is 35.5. The van der Waals surface area contributed by atoms with Crippen LogP contribution in [0.2, 0.25) is 0 Å². The number of hydrogen-bond donors (Lipinski definition) is 3. The van der Waals surface area contributed by atoms with E-state index in [1.807, 2.05) is 0 Å². The molecule has 12 rings (SSSR count). The summed E-state index contributed by atoms with van der Waals surface area (Å²) in [5.74, 6) is 9.48. The molecule has 12 aliphatic rings. The van der Waals surface area contributed by atoms with Crippen molar-refractivity contribution in [3.05, 3.63) is 0 Å². The van der Waals surface area contributed by atoms with Crippen LogP contribution in [-0.4, -0.2) is 18.1 Å². The Balaban J connectivity index is 0.000000107. The number of hydrogen-bond acceptors (Lipinski definition) is 3. The molecule has 3 unspecified atom stereocenters. The topological polar surface area (TPSA) is 78.1 Å². The van der Waals surface area contributed by atoms with Crippen LogP contribution in [0, 0.1) is 69.5 Å².